The summed E-state index contributed by atoms with van der Waals surface area (Å²) in [6.07, 6.45) is 0. The molecule has 2 aromatic carbocycles. The lowest BCUT2D eigenvalue weighted by molar-refractivity contribution is 0.292. The molecule has 1 aromatic heterocycles. The van der Waals surface area contributed by atoms with Gasteiger partial charge in [-0.3, -0.25) is 0 Å². The molecule has 0 aliphatic carbocycles. The zero-order chi connectivity index (χ0) is 14.7. The van der Waals surface area contributed by atoms with Gasteiger partial charge in [-0.2, -0.15) is 4.68 Å². The topological polar surface area (TPSA) is 52.8 Å². The van der Waals surface area contributed by atoms with Crippen LogP contribution in [0.5, 0.6) is 5.75 Å². The molecular formula is C15H13ClN4O. The van der Waals surface area contributed by atoms with Gasteiger partial charge in [0.1, 0.15) is 12.4 Å². The smallest absolute Gasteiger partial charge is 0.194 e. The highest BCUT2D eigenvalue weighted by Gasteiger charge is 2.09. The van der Waals surface area contributed by atoms with Crippen LogP contribution in [-0.4, -0.2) is 20.2 Å². The largest absolute Gasteiger partial charge is 0.486 e. The van der Waals surface area contributed by atoms with Crippen LogP contribution in [0.3, 0.4) is 0 Å². The first kappa shape index (κ1) is 13.6. The average Bonchev–Trinajstić information content (AvgIpc) is 2.96. The number of hydrogen-bond donors (Lipinski definition) is 0. The summed E-state index contributed by atoms with van der Waals surface area (Å²) in [5, 5.41) is 12.3. The molecule has 0 saturated heterocycles. The Bertz CT molecular complexity index is 722. The highest BCUT2D eigenvalue weighted by molar-refractivity contribution is 6.30. The zero-order valence-corrected chi connectivity index (χ0v) is 12.2. The van der Waals surface area contributed by atoms with E-state index >= 15 is 0 Å². The van der Waals surface area contributed by atoms with Crippen LogP contribution < -0.4 is 4.74 Å². The summed E-state index contributed by atoms with van der Waals surface area (Å²) in [5.41, 5.74) is 2.03. The molecule has 0 unspecified atom stereocenters. The predicted octanol–water partition coefficient (Wildman–Crippen LogP) is 3.20. The molecule has 0 radical (unpaired) electrons. The van der Waals surface area contributed by atoms with Crippen molar-refractivity contribution in [2.24, 2.45) is 0 Å². The quantitative estimate of drug-likeness (QED) is 0.742. The first-order chi connectivity index (χ1) is 10.2. The molecule has 0 aliphatic rings. The van der Waals surface area contributed by atoms with Crippen LogP contribution in [0.15, 0.2) is 48.5 Å². The van der Waals surface area contributed by atoms with E-state index in [4.69, 9.17) is 16.3 Å². The molecule has 0 saturated carbocycles. The highest BCUT2D eigenvalue weighted by Crippen LogP contribution is 2.16. The molecule has 106 valence electrons. The maximum absolute atomic E-state index is 5.88. The lowest BCUT2D eigenvalue weighted by atomic mass is 10.2. The number of nitrogens with zero attached hydrogens (tertiary/aromatic N) is 4. The van der Waals surface area contributed by atoms with E-state index in [1.165, 1.54) is 5.56 Å². The Kier molecular flexibility index (Phi) is 3.83. The molecule has 21 heavy (non-hydrogen) atoms. The number of aromatic nitrogens is 4. The summed E-state index contributed by atoms with van der Waals surface area (Å²) >= 11 is 5.88. The van der Waals surface area contributed by atoms with E-state index in [2.05, 4.69) is 15.5 Å². The zero-order valence-electron chi connectivity index (χ0n) is 11.4. The van der Waals surface area contributed by atoms with Gasteiger partial charge in [0.2, 0.25) is 0 Å². The van der Waals surface area contributed by atoms with Crippen molar-refractivity contribution >= 4 is 11.6 Å². The molecule has 1 heterocycles. The molecule has 0 bridgehead atoms. The van der Waals surface area contributed by atoms with E-state index in [1.54, 1.807) is 16.8 Å². The van der Waals surface area contributed by atoms with Gasteiger partial charge in [-0.15, -0.1) is 5.10 Å². The minimum Gasteiger partial charge on any atom is -0.486 e. The summed E-state index contributed by atoms with van der Waals surface area (Å²) in [5.74, 6) is 1.41. The normalized spacial score (nSPS) is 10.6. The summed E-state index contributed by atoms with van der Waals surface area (Å²) in [7, 11) is 0. The van der Waals surface area contributed by atoms with Gasteiger partial charge in [-0.05, 0) is 53.7 Å². The number of aryl methyl sites for hydroxylation is 1. The maximum atomic E-state index is 5.88. The van der Waals surface area contributed by atoms with Crippen molar-refractivity contribution in [3.05, 3.63) is 64.9 Å². The van der Waals surface area contributed by atoms with Crippen LogP contribution in [0.25, 0.3) is 5.69 Å². The molecular weight excluding hydrogens is 288 g/mol. The third kappa shape index (κ3) is 3.20. The van der Waals surface area contributed by atoms with Gasteiger partial charge in [-0.25, -0.2) is 0 Å². The first-order valence-electron chi connectivity index (χ1n) is 6.45. The number of rotatable bonds is 4. The summed E-state index contributed by atoms with van der Waals surface area (Å²) in [6, 6.07) is 15.1. The van der Waals surface area contributed by atoms with E-state index < -0.39 is 0 Å². The number of hydrogen-bond acceptors (Lipinski definition) is 4. The fourth-order valence-corrected chi connectivity index (χ4v) is 1.99. The standard InChI is InChI=1S/C15H13ClN4O/c1-11-2-8-14(9-3-11)21-10-15-17-18-19-20(15)13-6-4-12(16)5-7-13/h2-9H,10H2,1H3. The molecule has 3 rings (SSSR count). The minimum atomic E-state index is 0.290. The monoisotopic (exact) mass is 300 g/mol. The second-order valence-electron chi connectivity index (χ2n) is 4.59. The van der Waals surface area contributed by atoms with Crippen molar-refractivity contribution in [2.75, 3.05) is 0 Å². The van der Waals surface area contributed by atoms with E-state index in [0.717, 1.165) is 11.4 Å². The number of benzene rings is 2. The molecule has 5 nitrogen and oxygen atoms in total. The Balaban J connectivity index is 1.76. The average molecular weight is 301 g/mol. The van der Waals surface area contributed by atoms with Gasteiger partial charge in [0.05, 0.1) is 5.69 Å². The van der Waals surface area contributed by atoms with Gasteiger partial charge in [0.25, 0.3) is 0 Å². The molecule has 3 aromatic rings. The SMILES string of the molecule is Cc1ccc(OCc2nnnn2-c2ccc(Cl)cc2)cc1. The number of halogens is 1. The van der Waals surface area contributed by atoms with Gasteiger partial charge >= 0.3 is 0 Å². The van der Waals surface area contributed by atoms with Crippen LogP contribution in [0.1, 0.15) is 11.4 Å². The third-order valence-electron chi connectivity index (χ3n) is 2.99. The van der Waals surface area contributed by atoms with Crippen LogP contribution in [0.4, 0.5) is 0 Å². The van der Waals surface area contributed by atoms with Crippen molar-refractivity contribution in [3.63, 3.8) is 0 Å². The van der Waals surface area contributed by atoms with Crippen molar-refractivity contribution in [1.29, 1.82) is 0 Å². The van der Waals surface area contributed by atoms with E-state index in [0.29, 0.717) is 17.5 Å². The second-order valence-corrected chi connectivity index (χ2v) is 5.02. The van der Waals surface area contributed by atoms with Gasteiger partial charge in [0, 0.05) is 5.02 Å². The van der Waals surface area contributed by atoms with Crippen LogP contribution in [0, 0.1) is 6.92 Å². The van der Waals surface area contributed by atoms with Crippen molar-refractivity contribution in [3.8, 4) is 11.4 Å². The second kappa shape index (κ2) is 5.93. The summed E-state index contributed by atoms with van der Waals surface area (Å²) in [4.78, 5) is 0. The van der Waals surface area contributed by atoms with Crippen molar-refractivity contribution < 1.29 is 4.74 Å². The van der Waals surface area contributed by atoms with Crippen LogP contribution >= 0.6 is 11.6 Å². The van der Waals surface area contributed by atoms with Gasteiger partial charge < -0.3 is 4.74 Å². The Morgan fingerprint density at radius 2 is 1.76 bits per heavy atom. The summed E-state index contributed by atoms with van der Waals surface area (Å²) in [6.45, 7) is 2.32. The third-order valence-corrected chi connectivity index (χ3v) is 3.25. The molecule has 0 amide bonds. The fraction of sp³-hybridized carbons (Fsp3) is 0.133. The molecule has 0 fully saturated rings. The Hall–Kier alpha value is -2.40. The van der Waals surface area contributed by atoms with E-state index in [1.807, 2.05) is 43.3 Å². The molecule has 0 atom stereocenters. The predicted molar refractivity (Wildman–Crippen MR) is 79.7 cm³/mol. The Labute approximate surface area is 127 Å². The van der Waals surface area contributed by atoms with E-state index in [9.17, 15) is 0 Å². The molecule has 6 heteroatoms. The minimum absolute atomic E-state index is 0.290. The highest BCUT2D eigenvalue weighted by atomic mass is 35.5. The van der Waals surface area contributed by atoms with Gasteiger partial charge in [0.15, 0.2) is 5.82 Å². The summed E-state index contributed by atoms with van der Waals surface area (Å²) < 4.78 is 7.33. The van der Waals surface area contributed by atoms with Crippen molar-refractivity contribution in [2.45, 2.75) is 13.5 Å². The Morgan fingerprint density at radius 1 is 1.05 bits per heavy atom. The Morgan fingerprint density at radius 3 is 2.48 bits per heavy atom. The first-order valence-corrected chi connectivity index (χ1v) is 6.83. The molecule has 0 N–H and O–H groups in total. The fourth-order valence-electron chi connectivity index (χ4n) is 1.86. The van der Waals surface area contributed by atoms with Gasteiger partial charge in [-0.1, -0.05) is 29.3 Å². The number of tetrazole rings is 1. The molecule has 0 spiro atoms. The number of ether oxygens (including phenoxy) is 1. The maximum Gasteiger partial charge on any atom is 0.194 e. The lowest BCUT2D eigenvalue weighted by Crippen LogP contribution is -2.06. The lowest BCUT2D eigenvalue weighted by Gasteiger charge is -2.07. The van der Waals surface area contributed by atoms with Crippen LogP contribution in [-0.2, 0) is 6.61 Å². The van der Waals surface area contributed by atoms with E-state index in [-0.39, 0.29) is 0 Å². The molecule has 0 aliphatic heterocycles. The van der Waals surface area contributed by atoms with Crippen molar-refractivity contribution in [1.82, 2.24) is 20.2 Å². The van der Waals surface area contributed by atoms with Crippen LogP contribution in [0.2, 0.25) is 5.02 Å².